The first-order valence-electron chi connectivity index (χ1n) is 5.09. The summed E-state index contributed by atoms with van der Waals surface area (Å²) in [5.74, 6) is 0.0998. The lowest BCUT2D eigenvalue weighted by atomic mass is 10.2. The molecule has 1 aromatic rings. The zero-order valence-corrected chi connectivity index (χ0v) is 10.9. The van der Waals surface area contributed by atoms with Gasteiger partial charge in [0.05, 0.1) is 12.7 Å². The average molecular weight is 270 g/mol. The predicted octanol–water partition coefficient (Wildman–Crippen LogP) is 3.03. The Bertz CT molecular complexity index is 414. The number of esters is 1. The molecule has 0 N–H and O–H groups in total. The molecule has 0 aliphatic heterocycles. The summed E-state index contributed by atoms with van der Waals surface area (Å²) < 4.78 is 4.80. The van der Waals surface area contributed by atoms with Gasteiger partial charge in [-0.15, -0.1) is 11.8 Å². The number of halogens is 1. The number of carbonyl (C=O) groups excluding carboxylic acids is 1. The van der Waals surface area contributed by atoms with Gasteiger partial charge in [0, 0.05) is 10.8 Å². The van der Waals surface area contributed by atoms with Crippen LogP contribution in [-0.2, 0) is 15.3 Å². The number of thioether (sulfide) groups is 1. The SMILES string of the molecule is CCOC(=O)C(C#N)SCc1ccc(Cl)cc1. The van der Waals surface area contributed by atoms with Gasteiger partial charge in [0.15, 0.2) is 5.25 Å². The number of ether oxygens (including phenoxy) is 1. The fourth-order valence-electron chi connectivity index (χ4n) is 1.14. The molecule has 17 heavy (non-hydrogen) atoms. The summed E-state index contributed by atoms with van der Waals surface area (Å²) in [6.45, 7) is 2.01. The summed E-state index contributed by atoms with van der Waals surface area (Å²) in [6, 6.07) is 9.23. The Kier molecular flexibility index (Phi) is 5.88. The molecule has 3 nitrogen and oxygen atoms in total. The van der Waals surface area contributed by atoms with Gasteiger partial charge in [-0.25, -0.2) is 4.79 Å². The molecule has 0 bridgehead atoms. The van der Waals surface area contributed by atoms with Gasteiger partial charge in [-0.3, -0.25) is 0 Å². The lowest BCUT2D eigenvalue weighted by molar-refractivity contribution is -0.141. The Balaban J connectivity index is 2.51. The van der Waals surface area contributed by atoms with Gasteiger partial charge in [-0.1, -0.05) is 23.7 Å². The number of nitriles is 1. The van der Waals surface area contributed by atoms with Crippen LogP contribution in [0.1, 0.15) is 12.5 Å². The third-order valence-electron chi connectivity index (χ3n) is 1.95. The van der Waals surface area contributed by atoms with Crippen molar-refractivity contribution in [1.29, 1.82) is 5.26 Å². The van der Waals surface area contributed by atoms with Gasteiger partial charge in [0.1, 0.15) is 0 Å². The number of benzene rings is 1. The quantitative estimate of drug-likeness (QED) is 0.771. The zero-order chi connectivity index (χ0) is 12.7. The van der Waals surface area contributed by atoms with Crippen molar-refractivity contribution in [3.05, 3.63) is 34.9 Å². The molecule has 1 unspecified atom stereocenters. The first-order valence-corrected chi connectivity index (χ1v) is 6.52. The highest BCUT2D eigenvalue weighted by molar-refractivity contribution is 8.00. The number of nitrogens with zero attached hydrogens (tertiary/aromatic N) is 1. The topological polar surface area (TPSA) is 50.1 Å². The lowest BCUT2D eigenvalue weighted by Crippen LogP contribution is -2.18. The summed E-state index contributed by atoms with van der Waals surface area (Å²) in [7, 11) is 0. The molecule has 1 aromatic carbocycles. The highest BCUT2D eigenvalue weighted by atomic mass is 35.5. The molecule has 0 saturated carbocycles. The molecule has 0 aromatic heterocycles. The molecule has 0 amide bonds. The molecular weight excluding hydrogens is 258 g/mol. The van der Waals surface area contributed by atoms with Crippen molar-refractivity contribution < 1.29 is 9.53 Å². The Labute approximate surface area is 110 Å². The van der Waals surface area contributed by atoms with Crippen molar-refractivity contribution in [3.63, 3.8) is 0 Å². The van der Waals surface area contributed by atoms with Crippen LogP contribution in [0.3, 0.4) is 0 Å². The van der Waals surface area contributed by atoms with Crippen LogP contribution in [-0.4, -0.2) is 17.8 Å². The second-order valence-corrected chi connectivity index (χ2v) is 4.73. The van der Waals surface area contributed by atoms with Crippen LogP contribution < -0.4 is 0 Å². The van der Waals surface area contributed by atoms with Crippen molar-refractivity contribution in [3.8, 4) is 6.07 Å². The Hall–Kier alpha value is -1.18. The van der Waals surface area contributed by atoms with E-state index in [9.17, 15) is 4.79 Å². The minimum atomic E-state index is -0.773. The first-order chi connectivity index (χ1) is 8.17. The fraction of sp³-hybridized carbons (Fsp3) is 0.333. The molecule has 90 valence electrons. The van der Waals surface area contributed by atoms with Crippen molar-refractivity contribution in [2.75, 3.05) is 6.61 Å². The number of hydrogen-bond donors (Lipinski definition) is 0. The molecule has 0 heterocycles. The van der Waals surface area contributed by atoms with Crippen LogP contribution in [0.25, 0.3) is 0 Å². The maximum atomic E-state index is 11.4. The molecular formula is C12H12ClNO2S. The van der Waals surface area contributed by atoms with Gasteiger partial charge in [0.2, 0.25) is 0 Å². The Morgan fingerprint density at radius 2 is 2.18 bits per heavy atom. The maximum Gasteiger partial charge on any atom is 0.333 e. The second kappa shape index (κ2) is 7.21. The number of rotatable bonds is 5. The van der Waals surface area contributed by atoms with Crippen molar-refractivity contribution in [2.45, 2.75) is 17.9 Å². The van der Waals surface area contributed by atoms with E-state index < -0.39 is 11.2 Å². The largest absolute Gasteiger partial charge is 0.464 e. The third-order valence-corrected chi connectivity index (χ3v) is 3.33. The first kappa shape index (κ1) is 13.9. The van der Waals surface area contributed by atoms with Crippen LogP contribution in [0, 0.1) is 11.3 Å². The molecule has 1 rings (SSSR count). The molecule has 0 radical (unpaired) electrons. The summed E-state index contributed by atoms with van der Waals surface area (Å²) in [5.41, 5.74) is 1.02. The predicted molar refractivity (Wildman–Crippen MR) is 68.8 cm³/mol. The van der Waals surface area contributed by atoms with E-state index >= 15 is 0 Å². The van der Waals surface area contributed by atoms with Gasteiger partial charge >= 0.3 is 5.97 Å². The van der Waals surface area contributed by atoms with Gasteiger partial charge in [-0.05, 0) is 24.6 Å². The monoisotopic (exact) mass is 269 g/mol. The van der Waals surface area contributed by atoms with E-state index in [1.54, 1.807) is 19.1 Å². The second-order valence-electron chi connectivity index (χ2n) is 3.20. The van der Waals surface area contributed by atoms with Crippen LogP contribution in [0.5, 0.6) is 0 Å². The minimum absolute atomic E-state index is 0.290. The standard InChI is InChI=1S/C12H12ClNO2S/c1-2-16-12(15)11(7-14)17-8-9-3-5-10(13)6-4-9/h3-6,11H,2,8H2,1H3. The van der Waals surface area contributed by atoms with Crippen molar-refractivity contribution in [1.82, 2.24) is 0 Å². The molecule has 5 heteroatoms. The van der Waals surface area contributed by atoms with Crippen molar-refractivity contribution >= 4 is 29.3 Å². The molecule has 1 atom stereocenters. The Morgan fingerprint density at radius 1 is 1.53 bits per heavy atom. The van der Waals surface area contributed by atoms with Crippen LogP contribution >= 0.6 is 23.4 Å². The molecule has 0 fully saturated rings. The van der Waals surface area contributed by atoms with Crippen molar-refractivity contribution in [2.24, 2.45) is 0 Å². The molecule has 0 spiro atoms. The fourth-order valence-corrected chi connectivity index (χ4v) is 2.09. The minimum Gasteiger partial charge on any atom is -0.464 e. The lowest BCUT2D eigenvalue weighted by Gasteiger charge is -2.07. The highest BCUT2D eigenvalue weighted by Crippen LogP contribution is 2.20. The van der Waals surface area contributed by atoms with Crippen LogP contribution in [0.15, 0.2) is 24.3 Å². The van der Waals surface area contributed by atoms with Crippen LogP contribution in [0.4, 0.5) is 0 Å². The molecule has 0 saturated heterocycles. The van der Waals surface area contributed by atoms with Gasteiger partial charge in [0.25, 0.3) is 0 Å². The number of hydrogen-bond acceptors (Lipinski definition) is 4. The Morgan fingerprint density at radius 3 is 2.71 bits per heavy atom. The molecule has 0 aliphatic carbocycles. The van der Waals surface area contributed by atoms with E-state index in [2.05, 4.69) is 0 Å². The summed E-state index contributed by atoms with van der Waals surface area (Å²) in [4.78, 5) is 11.4. The van der Waals surface area contributed by atoms with E-state index in [-0.39, 0.29) is 0 Å². The zero-order valence-electron chi connectivity index (χ0n) is 9.35. The average Bonchev–Trinajstić information content (AvgIpc) is 2.32. The number of carbonyl (C=O) groups is 1. The van der Waals surface area contributed by atoms with Gasteiger partial charge < -0.3 is 4.74 Å². The molecule has 0 aliphatic rings. The van der Waals surface area contributed by atoms with E-state index in [1.807, 2.05) is 18.2 Å². The summed E-state index contributed by atoms with van der Waals surface area (Å²) in [6.07, 6.45) is 0. The maximum absolute atomic E-state index is 11.4. The highest BCUT2D eigenvalue weighted by Gasteiger charge is 2.19. The smallest absolute Gasteiger partial charge is 0.333 e. The van der Waals surface area contributed by atoms with E-state index in [1.165, 1.54) is 11.8 Å². The van der Waals surface area contributed by atoms with Gasteiger partial charge in [-0.2, -0.15) is 5.26 Å². The normalized spacial score (nSPS) is 11.6. The summed E-state index contributed by atoms with van der Waals surface area (Å²) >= 11 is 7.01. The van der Waals surface area contributed by atoms with E-state index in [0.29, 0.717) is 17.4 Å². The van der Waals surface area contributed by atoms with E-state index in [0.717, 1.165) is 5.56 Å². The van der Waals surface area contributed by atoms with Crippen LogP contribution in [0.2, 0.25) is 5.02 Å². The van der Waals surface area contributed by atoms with E-state index in [4.69, 9.17) is 21.6 Å². The summed E-state index contributed by atoms with van der Waals surface area (Å²) in [5, 5.41) is 8.75. The third kappa shape index (κ3) is 4.68.